The van der Waals surface area contributed by atoms with Crippen molar-refractivity contribution in [2.24, 2.45) is 5.41 Å². The topological polar surface area (TPSA) is 60.8 Å². The van der Waals surface area contributed by atoms with Crippen LogP contribution in [0.2, 0.25) is 0 Å². The number of carboxylic acid groups (broad SMARTS) is 1. The first-order valence-corrected chi connectivity index (χ1v) is 5.39. The molecular formula is C12H19NO3. The van der Waals surface area contributed by atoms with Crippen LogP contribution in [0.1, 0.15) is 33.6 Å². The SMILES string of the molecule is C#CC[C@@]1(C(C)(C)C)[C@H](O)CCN1C(=O)O. The fourth-order valence-corrected chi connectivity index (χ4v) is 2.67. The lowest BCUT2D eigenvalue weighted by atomic mass is 9.68. The molecular weight excluding hydrogens is 206 g/mol. The van der Waals surface area contributed by atoms with Crippen molar-refractivity contribution < 1.29 is 15.0 Å². The molecule has 1 aliphatic rings. The Morgan fingerprint density at radius 3 is 2.56 bits per heavy atom. The van der Waals surface area contributed by atoms with Gasteiger partial charge in [-0.1, -0.05) is 20.8 Å². The summed E-state index contributed by atoms with van der Waals surface area (Å²) in [5.41, 5.74) is -1.26. The van der Waals surface area contributed by atoms with E-state index >= 15 is 0 Å². The largest absolute Gasteiger partial charge is 0.465 e. The molecule has 2 N–H and O–H groups in total. The van der Waals surface area contributed by atoms with Crippen LogP contribution in [0.3, 0.4) is 0 Å². The van der Waals surface area contributed by atoms with Crippen molar-refractivity contribution in [1.29, 1.82) is 0 Å². The van der Waals surface area contributed by atoms with E-state index in [2.05, 4.69) is 5.92 Å². The van der Waals surface area contributed by atoms with E-state index in [0.29, 0.717) is 13.0 Å². The van der Waals surface area contributed by atoms with Crippen LogP contribution in [-0.4, -0.2) is 39.4 Å². The Balaban J connectivity index is 3.25. The van der Waals surface area contributed by atoms with Gasteiger partial charge in [-0.2, -0.15) is 0 Å². The van der Waals surface area contributed by atoms with Gasteiger partial charge in [-0.05, 0) is 11.8 Å². The second kappa shape index (κ2) is 3.99. The first kappa shape index (κ1) is 12.9. The Hall–Kier alpha value is -1.21. The number of aliphatic hydroxyl groups is 1. The molecule has 1 heterocycles. The third-order valence-electron chi connectivity index (χ3n) is 3.56. The first-order valence-electron chi connectivity index (χ1n) is 5.39. The molecule has 0 unspecified atom stereocenters. The molecule has 1 amide bonds. The smallest absolute Gasteiger partial charge is 0.407 e. The monoisotopic (exact) mass is 225 g/mol. The van der Waals surface area contributed by atoms with E-state index < -0.39 is 23.2 Å². The van der Waals surface area contributed by atoms with E-state index in [1.165, 1.54) is 4.90 Å². The van der Waals surface area contributed by atoms with Crippen LogP contribution in [0.4, 0.5) is 4.79 Å². The summed E-state index contributed by atoms with van der Waals surface area (Å²) >= 11 is 0. The van der Waals surface area contributed by atoms with Crippen molar-refractivity contribution in [3.63, 3.8) is 0 Å². The molecule has 0 aliphatic carbocycles. The first-order chi connectivity index (χ1) is 7.27. The van der Waals surface area contributed by atoms with Crippen molar-refractivity contribution in [2.45, 2.75) is 45.3 Å². The van der Waals surface area contributed by atoms with Crippen LogP contribution in [0.15, 0.2) is 0 Å². The lowest BCUT2D eigenvalue weighted by molar-refractivity contribution is -0.0372. The second-order valence-corrected chi connectivity index (χ2v) is 5.29. The average molecular weight is 225 g/mol. The highest BCUT2D eigenvalue weighted by molar-refractivity contribution is 5.67. The van der Waals surface area contributed by atoms with Crippen molar-refractivity contribution in [2.75, 3.05) is 6.54 Å². The van der Waals surface area contributed by atoms with Crippen LogP contribution in [0.5, 0.6) is 0 Å². The second-order valence-electron chi connectivity index (χ2n) is 5.29. The summed E-state index contributed by atoms with van der Waals surface area (Å²) in [5, 5.41) is 19.3. The molecule has 4 heteroatoms. The summed E-state index contributed by atoms with van der Waals surface area (Å²) in [5.74, 6) is 2.51. The lowest BCUT2D eigenvalue weighted by Crippen LogP contribution is -2.60. The Bertz CT molecular complexity index is 326. The quantitative estimate of drug-likeness (QED) is 0.665. The minimum atomic E-state index is -1.01. The molecule has 2 atom stereocenters. The number of terminal acetylenes is 1. The van der Waals surface area contributed by atoms with Gasteiger partial charge in [0.25, 0.3) is 0 Å². The van der Waals surface area contributed by atoms with Gasteiger partial charge >= 0.3 is 6.09 Å². The maximum absolute atomic E-state index is 11.2. The van der Waals surface area contributed by atoms with Crippen molar-refractivity contribution in [3.05, 3.63) is 0 Å². The summed E-state index contributed by atoms with van der Waals surface area (Å²) in [6.45, 7) is 6.08. The lowest BCUT2D eigenvalue weighted by Gasteiger charge is -2.47. The summed E-state index contributed by atoms with van der Waals surface area (Å²) in [6.07, 6.45) is 4.32. The van der Waals surface area contributed by atoms with Crippen molar-refractivity contribution >= 4 is 6.09 Å². The molecule has 1 fully saturated rings. The summed E-state index contributed by atoms with van der Waals surface area (Å²) in [6, 6.07) is 0. The van der Waals surface area contributed by atoms with E-state index in [4.69, 9.17) is 6.42 Å². The minimum absolute atomic E-state index is 0.240. The Morgan fingerprint density at radius 1 is 1.62 bits per heavy atom. The standard InChI is InChI=1S/C12H19NO3/c1-5-7-12(11(2,3)4)9(14)6-8-13(12)10(15)16/h1,9,14H,6-8H2,2-4H3,(H,15,16)/t9-,12+/m1/s1. The molecule has 1 saturated heterocycles. The molecule has 0 radical (unpaired) electrons. The van der Waals surface area contributed by atoms with Gasteiger partial charge in [0.05, 0.1) is 11.6 Å². The number of carbonyl (C=O) groups is 1. The molecule has 0 aromatic heterocycles. The zero-order valence-corrected chi connectivity index (χ0v) is 10.0. The van der Waals surface area contributed by atoms with Gasteiger partial charge in [-0.3, -0.25) is 4.90 Å². The average Bonchev–Trinajstić information content (AvgIpc) is 2.44. The molecule has 0 saturated carbocycles. The maximum Gasteiger partial charge on any atom is 0.407 e. The van der Waals surface area contributed by atoms with E-state index in [1.54, 1.807) is 0 Å². The van der Waals surface area contributed by atoms with Crippen LogP contribution in [0.25, 0.3) is 0 Å². The van der Waals surface area contributed by atoms with Crippen molar-refractivity contribution in [1.82, 2.24) is 4.90 Å². The number of hydrogen-bond donors (Lipinski definition) is 2. The van der Waals surface area contributed by atoms with Gasteiger partial charge in [0.15, 0.2) is 0 Å². The highest BCUT2D eigenvalue weighted by Crippen LogP contribution is 2.46. The minimum Gasteiger partial charge on any atom is -0.465 e. The van der Waals surface area contributed by atoms with E-state index in [0.717, 1.165) is 0 Å². The predicted molar refractivity (Wildman–Crippen MR) is 61.0 cm³/mol. The third kappa shape index (κ3) is 1.65. The van der Waals surface area contributed by atoms with Crippen LogP contribution < -0.4 is 0 Å². The van der Waals surface area contributed by atoms with Crippen molar-refractivity contribution in [3.8, 4) is 12.3 Å². The van der Waals surface area contributed by atoms with E-state index in [9.17, 15) is 15.0 Å². The molecule has 1 rings (SSSR count). The predicted octanol–water partition coefficient (Wildman–Crippen LogP) is 1.54. The van der Waals surface area contributed by atoms with Gasteiger partial charge in [0.2, 0.25) is 0 Å². The number of hydrogen-bond acceptors (Lipinski definition) is 2. The number of aliphatic hydroxyl groups excluding tert-OH is 1. The Morgan fingerprint density at radius 2 is 2.19 bits per heavy atom. The Kier molecular flexibility index (Phi) is 3.20. The zero-order chi connectivity index (χ0) is 12.6. The maximum atomic E-state index is 11.2. The summed E-state index contributed by atoms with van der Waals surface area (Å²) in [4.78, 5) is 12.5. The van der Waals surface area contributed by atoms with Gasteiger partial charge in [-0.25, -0.2) is 4.79 Å². The molecule has 0 spiro atoms. The molecule has 4 nitrogen and oxygen atoms in total. The molecule has 90 valence electrons. The molecule has 1 aliphatic heterocycles. The summed E-state index contributed by atoms with van der Waals surface area (Å²) < 4.78 is 0. The van der Waals surface area contributed by atoms with E-state index in [-0.39, 0.29) is 6.42 Å². The third-order valence-corrected chi connectivity index (χ3v) is 3.56. The highest BCUT2D eigenvalue weighted by Gasteiger charge is 2.56. The number of rotatable bonds is 1. The normalized spacial score (nSPS) is 30.2. The molecule has 0 aromatic carbocycles. The summed E-state index contributed by atoms with van der Waals surface area (Å²) in [7, 11) is 0. The fraction of sp³-hybridized carbons (Fsp3) is 0.750. The molecule has 16 heavy (non-hydrogen) atoms. The van der Waals surface area contributed by atoms with Gasteiger partial charge in [0.1, 0.15) is 0 Å². The molecule has 0 bridgehead atoms. The van der Waals surface area contributed by atoms with Gasteiger partial charge < -0.3 is 10.2 Å². The van der Waals surface area contributed by atoms with Crippen LogP contribution in [-0.2, 0) is 0 Å². The highest BCUT2D eigenvalue weighted by atomic mass is 16.4. The van der Waals surface area contributed by atoms with E-state index in [1.807, 2.05) is 20.8 Å². The van der Waals surface area contributed by atoms with Crippen LogP contribution in [0, 0.1) is 17.8 Å². The fourth-order valence-electron chi connectivity index (χ4n) is 2.67. The van der Waals surface area contributed by atoms with Crippen LogP contribution >= 0.6 is 0 Å². The Labute approximate surface area is 96.3 Å². The van der Waals surface area contributed by atoms with Gasteiger partial charge in [-0.15, -0.1) is 12.3 Å². The number of likely N-dealkylation sites (tertiary alicyclic amines) is 1. The van der Waals surface area contributed by atoms with Gasteiger partial charge in [0, 0.05) is 13.0 Å². The molecule has 0 aromatic rings. The number of nitrogens with zero attached hydrogens (tertiary/aromatic N) is 1. The zero-order valence-electron chi connectivity index (χ0n) is 10.0. The number of amides is 1.